The van der Waals surface area contributed by atoms with Crippen molar-refractivity contribution in [3.8, 4) is 11.6 Å². The van der Waals surface area contributed by atoms with Crippen molar-refractivity contribution in [2.45, 2.75) is 36.8 Å². The Morgan fingerprint density at radius 3 is 2.70 bits per heavy atom. The summed E-state index contributed by atoms with van der Waals surface area (Å²) in [6, 6.07) is 13.4. The van der Waals surface area contributed by atoms with Crippen LogP contribution in [0.2, 0.25) is 0 Å². The summed E-state index contributed by atoms with van der Waals surface area (Å²) < 4.78 is 7.32. The highest BCUT2D eigenvalue weighted by Gasteiger charge is 2.22. The van der Waals surface area contributed by atoms with Crippen LogP contribution in [0.1, 0.15) is 25.5 Å². The van der Waals surface area contributed by atoms with E-state index in [1.165, 1.54) is 11.8 Å². The van der Waals surface area contributed by atoms with Gasteiger partial charge in [0.25, 0.3) is 0 Å². The topological polar surface area (TPSA) is 73.0 Å². The second-order valence-corrected chi connectivity index (χ2v) is 7.39. The summed E-state index contributed by atoms with van der Waals surface area (Å²) in [6.07, 6.45) is 3.36. The van der Waals surface area contributed by atoms with Gasteiger partial charge in [-0.05, 0) is 31.5 Å². The maximum Gasteiger partial charge on any atom is 0.233 e. The number of allylic oxidation sites excluding steroid dienone is 1. The van der Waals surface area contributed by atoms with Crippen LogP contribution < -0.4 is 5.32 Å². The molecule has 1 aromatic carbocycles. The molecule has 3 aromatic rings. The number of nitrogens with zero attached hydrogens (tertiary/aromatic N) is 3. The number of amides is 1. The summed E-state index contributed by atoms with van der Waals surface area (Å²) in [5.41, 5.74) is 1.07. The smallest absolute Gasteiger partial charge is 0.233 e. The summed E-state index contributed by atoms with van der Waals surface area (Å²) in [6.45, 7) is 8.15. The largest absolute Gasteiger partial charge is 0.461 e. The van der Waals surface area contributed by atoms with E-state index in [0.717, 1.165) is 5.56 Å². The molecular weight excluding hydrogens is 360 g/mol. The molecule has 1 N–H and O–H groups in total. The predicted molar refractivity (Wildman–Crippen MR) is 106 cm³/mol. The van der Waals surface area contributed by atoms with Gasteiger partial charge >= 0.3 is 0 Å². The molecule has 7 heteroatoms. The minimum absolute atomic E-state index is 0.0518. The SMILES string of the molecule is C=CCn1c(SC(C)C(=O)NC(C)c2ccccc2)nnc1-c1ccco1. The molecule has 140 valence electrons. The highest BCUT2D eigenvalue weighted by molar-refractivity contribution is 8.00. The van der Waals surface area contributed by atoms with Crippen LogP contribution in [0.5, 0.6) is 0 Å². The van der Waals surface area contributed by atoms with Gasteiger partial charge in [-0.2, -0.15) is 0 Å². The highest BCUT2D eigenvalue weighted by Crippen LogP contribution is 2.27. The van der Waals surface area contributed by atoms with Crippen LogP contribution >= 0.6 is 11.8 Å². The van der Waals surface area contributed by atoms with Crippen molar-refractivity contribution in [1.29, 1.82) is 0 Å². The first kappa shape index (κ1) is 19.0. The Labute approximate surface area is 162 Å². The van der Waals surface area contributed by atoms with Crippen molar-refractivity contribution < 1.29 is 9.21 Å². The van der Waals surface area contributed by atoms with Crippen LogP contribution in [0.25, 0.3) is 11.6 Å². The lowest BCUT2D eigenvalue weighted by atomic mass is 10.1. The number of rotatable bonds is 8. The number of carbonyl (C=O) groups is 1. The quantitative estimate of drug-likeness (QED) is 0.469. The predicted octanol–water partition coefficient (Wildman–Crippen LogP) is 4.08. The van der Waals surface area contributed by atoms with E-state index in [1.807, 2.05) is 54.8 Å². The van der Waals surface area contributed by atoms with E-state index >= 15 is 0 Å². The number of aromatic nitrogens is 3. The molecule has 0 aliphatic rings. The zero-order valence-corrected chi connectivity index (χ0v) is 16.1. The molecule has 0 saturated carbocycles. The lowest BCUT2D eigenvalue weighted by Gasteiger charge is -2.17. The summed E-state index contributed by atoms with van der Waals surface area (Å²) in [5.74, 6) is 1.20. The number of furan rings is 1. The lowest BCUT2D eigenvalue weighted by molar-refractivity contribution is -0.120. The minimum atomic E-state index is -0.326. The van der Waals surface area contributed by atoms with Gasteiger partial charge in [-0.25, -0.2) is 0 Å². The molecule has 2 atom stereocenters. The van der Waals surface area contributed by atoms with Gasteiger partial charge in [-0.1, -0.05) is 48.2 Å². The molecule has 2 aromatic heterocycles. The average molecular weight is 382 g/mol. The Kier molecular flexibility index (Phi) is 6.13. The zero-order valence-electron chi connectivity index (χ0n) is 15.3. The fraction of sp³-hybridized carbons (Fsp3) is 0.250. The molecule has 0 radical (unpaired) electrons. The van der Waals surface area contributed by atoms with E-state index in [1.54, 1.807) is 18.4 Å². The summed E-state index contributed by atoms with van der Waals surface area (Å²) in [4.78, 5) is 12.6. The molecule has 3 rings (SSSR count). The molecule has 0 aliphatic carbocycles. The van der Waals surface area contributed by atoms with Crippen molar-refractivity contribution in [3.63, 3.8) is 0 Å². The van der Waals surface area contributed by atoms with E-state index in [9.17, 15) is 4.79 Å². The first-order valence-electron chi connectivity index (χ1n) is 8.70. The van der Waals surface area contributed by atoms with Crippen LogP contribution in [-0.4, -0.2) is 25.9 Å². The molecule has 0 aliphatic heterocycles. The minimum Gasteiger partial charge on any atom is -0.461 e. The summed E-state index contributed by atoms with van der Waals surface area (Å²) >= 11 is 1.36. The Bertz CT molecular complexity index is 890. The van der Waals surface area contributed by atoms with Gasteiger partial charge in [0, 0.05) is 6.54 Å². The monoisotopic (exact) mass is 382 g/mol. The third kappa shape index (κ3) is 4.49. The standard InChI is InChI=1S/C20H22N4O2S/c1-4-12-24-18(17-11-8-13-26-17)22-23-20(24)27-15(3)19(25)21-14(2)16-9-6-5-7-10-16/h4-11,13-15H,1,12H2,2-3H3,(H,21,25). The molecule has 27 heavy (non-hydrogen) atoms. The molecular formula is C20H22N4O2S. The Balaban J connectivity index is 1.71. The number of thioether (sulfide) groups is 1. The van der Waals surface area contributed by atoms with Crippen molar-refractivity contribution >= 4 is 17.7 Å². The van der Waals surface area contributed by atoms with Crippen LogP contribution in [-0.2, 0) is 11.3 Å². The van der Waals surface area contributed by atoms with Gasteiger partial charge in [0.1, 0.15) is 0 Å². The van der Waals surface area contributed by atoms with Crippen molar-refractivity contribution in [2.75, 3.05) is 0 Å². The zero-order chi connectivity index (χ0) is 19.2. The fourth-order valence-corrected chi connectivity index (χ4v) is 3.49. The number of benzene rings is 1. The van der Waals surface area contributed by atoms with E-state index in [-0.39, 0.29) is 17.2 Å². The first-order chi connectivity index (χ1) is 13.1. The van der Waals surface area contributed by atoms with Crippen LogP contribution in [0.4, 0.5) is 0 Å². The maximum absolute atomic E-state index is 12.6. The van der Waals surface area contributed by atoms with Gasteiger partial charge in [0.15, 0.2) is 10.9 Å². The van der Waals surface area contributed by atoms with Crippen molar-refractivity contribution in [2.24, 2.45) is 0 Å². The molecule has 0 bridgehead atoms. The second-order valence-electron chi connectivity index (χ2n) is 6.08. The Hall–Kier alpha value is -2.80. The molecule has 0 saturated heterocycles. The maximum atomic E-state index is 12.6. The van der Waals surface area contributed by atoms with Crippen molar-refractivity contribution in [1.82, 2.24) is 20.1 Å². The van der Waals surface area contributed by atoms with Crippen molar-refractivity contribution in [3.05, 3.63) is 66.9 Å². The van der Waals surface area contributed by atoms with E-state index in [2.05, 4.69) is 22.1 Å². The normalized spacial score (nSPS) is 13.1. The van der Waals surface area contributed by atoms with Gasteiger partial charge in [0.05, 0.1) is 17.6 Å². The summed E-state index contributed by atoms with van der Waals surface area (Å²) in [5, 5.41) is 11.8. The van der Waals surface area contributed by atoms with E-state index < -0.39 is 0 Å². The fourth-order valence-electron chi connectivity index (χ4n) is 2.63. The van der Waals surface area contributed by atoms with Gasteiger partial charge in [-0.3, -0.25) is 9.36 Å². The lowest BCUT2D eigenvalue weighted by Crippen LogP contribution is -2.33. The number of hydrogen-bond acceptors (Lipinski definition) is 5. The number of nitrogens with one attached hydrogen (secondary N) is 1. The molecule has 0 spiro atoms. The Morgan fingerprint density at radius 1 is 1.26 bits per heavy atom. The van der Waals surface area contributed by atoms with Crippen LogP contribution in [0.15, 0.2) is 71.0 Å². The van der Waals surface area contributed by atoms with E-state index in [0.29, 0.717) is 23.3 Å². The number of carbonyl (C=O) groups excluding carboxylic acids is 1. The average Bonchev–Trinajstić information content (AvgIpc) is 3.33. The van der Waals surface area contributed by atoms with Gasteiger partial charge < -0.3 is 9.73 Å². The molecule has 1 amide bonds. The third-order valence-corrected chi connectivity index (χ3v) is 5.16. The second kappa shape index (κ2) is 8.73. The third-order valence-electron chi connectivity index (χ3n) is 4.08. The van der Waals surface area contributed by atoms with Gasteiger partial charge in [0.2, 0.25) is 11.7 Å². The first-order valence-corrected chi connectivity index (χ1v) is 9.58. The van der Waals surface area contributed by atoms with Gasteiger partial charge in [-0.15, -0.1) is 16.8 Å². The summed E-state index contributed by atoms with van der Waals surface area (Å²) in [7, 11) is 0. The Morgan fingerprint density at radius 2 is 2.04 bits per heavy atom. The van der Waals surface area contributed by atoms with E-state index in [4.69, 9.17) is 4.42 Å². The molecule has 2 heterocycles. The highest BCUT2D eigenvalue weighted by atomic mass is 32.2. The number of hydrogen-bond donors (Lipinski definition) is 1. The molecule has 0 fully saturated rings. The molecule has 2 unspecified atom stereocenters. The van der Waals surface area contributed by atoms with Crippen LogP contribution in [0, 0.1) is 0 Å². The van der Waals surface area contributed by atoms with Crippen LogP contribution in [0.3, 0.4) is 0 Å². The molecule has 6 nitrogen and oxygen atoms in total.